The number of carbonyl (C=O) groups excluding carboxylic acids is 2. The summed E-state index contributed by atoms with van der Waals surface area (Å²) in [7, 11) is 0. The van der Waals surface area contributed by atoms with Gasteiger partial charge in [0.1, 0.15) is 5.75 Å². The van der Waals surface area contributed by atoms with Gasteiger partial charge >= 0.3 is 0 Å². The Kier molecular flexibility index (Phi) is 6.95. The summed E-state index contributed by atoms with van der Waals surface area (Å²) in [5.74, 6) is -1.18. The first kappa shape index (κ1) is 20.8. The highest BCUT2D eigenvalue weighted by molar-refractivity contribution is 5.91. The fraction of sp³-hybridized carbons (Fsp3) is 0.125. The summed E-state index contributed by atoms with van der Waals surface area (Å²) in [6.45, 7) is 1.65. The zero-order valence-corrected chi connectivity index (χ0v) is 16.6. The van der Waals surface area contributed by atoms with Crippen molar-refractivity contribution in [3.05, 3.63) is 101 Å². The summed E-state index contributed by atoms with van der Waals surface area (Å²) in [6.07, 6.45) is 1.35. The van der Waals surface area contributed by atoms with Crippen molar-refractivity contribution in [2.24, 2.45) is 5.10 Å². The first-order valence-corrected chi connectivity index (χ1v) is 9.53. The molecule has 3 aromatic carbocycles. The summed E-state index contributed by atoms with van der Waals surface area (Å²) in [4.78, 5) is 24.9. The van der Waals surface area contributed by atoms with Gasteiger partial charge in [0.2, 0.25) is 5.91 Å². The number of phenols is 1. The van der Waals surface area contributed by atoms with Gasteiger partial charge in [-0.15, -0.1) is 0 Å². The molecule has 0 aliphatic rings. The smallest absolute Gasteiger partial charge is 0.259 e. The molecule has 6 heteroatoms. The Bertz CT molecular complexity index is 995. The van der Waals surface area contributed by atoms with Gasteiger partial charge in [0, 0.05) is 5.56 Å². The van der Waals surface area contributed by atoms with Crippen LogP contribution >= 0.6 is 0 Å². The van der Waals surface area contributed by atoms with E-state index in [1.807, 2.05) is 73.7 Å². The molecule has 152 valence electrons. The zero-order valence-electron chi connectivity index (χ0n) is 16.6. The van der Waals surface area contributed by atoms with E-state index in [4.69, 9.17) is 0 Å². The van der Waals surface area contributed by atoms with Crippen molar-refractivity contribution in [2.75, 3.05) is 6.54 Å². The number of phenolic OH excluding ortho intramolecular Hbond substituents is 1. The fourth-order valence-corrected chi connectivity index (χ4v) is 3.03. The second kappa shape index (κ2) is 10.0. The molecule has 0 heterocycles. The van der Waals surface area contributed by atoms with Gasteiger partial charge in [0.05, 0.1) is 18.7 Å². The Morgan fingerprint density at radius 2 is 1.57 bits per heavy atom. The van der Waals surface area contributed by atoms with Crippen LogP contribution in [-0.2, 0) is 9.59 Å². The topological polar surface area (TPSA) is 90.8 Å². The molecule has 3 rings (SSSR count). The van der Waals surface area contributed by atoms with Gasteiger partial charge in [-0.05, 0) is 35.7 Å². The minimum absolute atomic E-state index is 0.0786. The average molecular weight is 401 g/mol. The van der Waals surface area contributed by atoms with Gasteiger partial charge in [0.15, 0.2) is 0 Å². The Morgan fingerprint density at radius 3 is 2.13 bits per heavy atom. The predicted molar refractivity (Wildman–Crippen MR) is 116 cm³/mol. The van der Waals surface area contributed by atoms with Crippen molar-refractivity contribution in [1.29, 1.82) is 0 Å². The fourth-order valence-electron chi connectivity index (χ4n) is 3.03. The minimum Gasteiger partial charge on any atom is -0.507 e. The maximum absolute atomic E-state index is 12.9. The SMILES string of the molecule is Cc1ccc(C=NNC(=O)CNC(=O)C(c2ccccc2)c2ccccc2)c(O)c1. The number of nitrogens with one attached hydrogen (secondary N) is 2. The number of carbonyl (C=O) groups is 2. The Balaban J connectivity index is 1.61. The summed E-state index contributed by atoms with van der Waals surface area (Å²) in [5.41, 5.74) is 5.44. The molecule has 3 N–H and O–H groups in total. The normalized spacial score (nSPS) is 10.9. The van der Waals surface area contributed by atoms with Gasteiger partial charge in [-0.25, -0.2) is 5.43 Å². The number of hydrazone groups is 1. The third-order valence-corrected chi connectivity index (χ3v) is 4.53. The highest BCUT2D eigenvalue weighted by Crippen LogP contribution is 2.24. The van der Waals surface area contributed by atoms with Crippen LogP contribution in [0, 0.1) is 6.92 Å². The largest absolute Gasteiger partial charge is 0.507 e. The van der Waals surface area contributed by atoms with E-state index in [0.29, 0.717) is 5.56 Å². The highest BCUT2D eigenvalue weighted by atomic mass is 16.3. The molecule has 0 saturated carbocycles. The molecule has 0 radical (unpaired) electrons. The first-order chi connectivity index (χ1) is 14.5. The van der Waals surface area contributed by atoms with Crippen LogP contribution in [0.3, 0.4) is 0 Å². The second-order valence-electron chi connectivity index (χ2n) is 6.83. The summed E-state index contributed by atoms with van der Waals surface area (Å²) >= 11 is 0. The van der Waals surface area contributed by atoms with E-state index < -0.39 is 11.8 Å². The van der Waals surface area contributed by atoms with E-state index in [1.165, 1.54) is 6.21 Å². The Hall–Kier alpha value is -3.93. The second-order valence-corrected chi connectivity index (χ2v) is 6.83. The van der Waals surface area contributed by atoms with E-state index >= 15 is 0 Å². The third kappa shape index (κ3) is 5.54. The summed E-state index contributed by atoms with van der Waals surface area (Å²) in [6, 6.07) is 24.0. The number of hydrogen-bond acceptors (Lipinski definition) is 4. The zero-order chi connectivity index (χ0) is 21.3. The minimum atomic E-state index is -0.520. The van der Waals surface area contributed by atoms with Crippen LogP contribution in [0.1, 0.15) is 28.2 Å². The number of hydrogen-bond donors (Lipinski definition) is 3. The summed E-state index contributed by atoms with van der Waals surface area (Å²) in [5, 5.41) is 16.4. The first-order valence-electron chi connectivity index (χ1n) is 9.53. The van der Waals surface area contributed by atoms with Crippen LogP contribution in [0.5, 0.6) is 5.75 Å². The van der Waals surface area contributed by atoms with Crippen LogP contribution < -0.4 is 10.7 Å². The van der Waals surface area contributed by atoms with Gasteiger partial charge in [0.25, 0.3) is 5.91 Å². The van der Waals surface area contributed by atoms with E-state index in [2.05, 4.69) is 15.8 Å². The molecule has 0 aromatic heterocycles. The number of benzene rings is 3. The van der Waals surface area contributed by atoms with Crippen molar-refractivity contribution in [3.63, 3.8) is 0 Å². The molecule has 0 bridgehead atoms. The van der Waals surface area contributed by atoms with Crippen molar-refractivity contribution >= 4 is 18.0 Å². The maximum Gasteiger partial charge on any atom is 0.259 e. The lowest BCUT2D eigenvalue weighted by Crippen LogP contribution is -2.37. The van der Waals surface area contributed by atoms with E-state index in [9.17, 15) is 14.7 Å². The monoisotopic (exact) mass is 401 g/mol. The lowest BCUT2D eigenvalue weighted by atomic mass is 9.90. The molecular formula is C24H23N3O3. The van der Waals surface area contributed by atoms with Crippen molar-refractivity contribution in [3.8, 4) is 5.75 Å². The van der Waals surface area contributed by atoms with Crippen molar-refractivity contribution < 1.29 is 14.7 Å². The molecule has 6 nitrogen and oxygen atoms in total. The van der Waals surface area contributed by atoms with Crippen LogP contribution in [-0.4, -0.2) is 29.7 Å². The molecule has 30 heavy (non-hydrogen) atoms. The van der Waals surface area contributed by atoms with Crippen LogP contribution in [0.25, 0.3) is 0 Å². The molecule has 0 atom stereocenters. The quantitative estimate of drug-likeness (QED) is 0.420. The number of nitrogens with zero attached hydrogens (tertiary/aromatic N) is 1. The summed E-state index contributed by atoms with van der Waals surface area (Å²) < 4.78 is 0. The van der Waals surface area contributed by atoms with Crippen LogP contribution in [0.2, 0.25) is 0 Å². The molecule has 0 aliphatic carbocycles. The lowest BCUT2D eigenvalue weighted by Gasteiger charge is -2.17. The Labute approximate surface area is 175 Å². The van der Waals surface area contributed by atoms with Gasteiger partial charge in [-0.2, -0.15) is 5.10 Å². The van der Waals surface area contributed by atoms with E-state index in [0.717, 1.165) is 16.7 Å². The van der Waals surface area contributed by atoms with Crippen molar-refractivity contribution in [1.82, 2.24) is 10.7 Å². The number of aryl methyl sites for hydroxylation is 1. The Morgan fingerprint density at radius 1 is 0.967 bits per heavy atom. The third-order valence-electron chi connectivity index (χ3n) is 4.53. The van der Waals surface area contributed by atoms with E-state index in [-0.39, 0.29) is 18.2 Å². The van der Waals surface area contributed by atoms with Gasteiger partial charge < -0.3 is 10.4 Å². The molecular weight excluding hydrogens is 378 g/mol. The standard InChI is InChI=1S/C24H23N3O3/c1-17-12-13-20(21(28)14-17)15-26-27-22(29)16-25-24(30)23(18-8-4-2-5-9-18)19-10-6-3-7-11-19/h2-15,23,28H,16H2,1H3,(H,25,30)(H,27,29). The maximum atomic E-state index is 12.9. The number of aromatic hydroxyl groups is 1. The lowest BCUT2D eigenvalue weighted by molar-refractivity contribution is -0.126. The average Bonchev–Trinajstić information content (AvgIpc) is 2.75. The highest BCUT2D eigenvalue weighted by Gasteiger charge is 2.22. The van der Waals surface area contributed by atoms with Crippen LogP contribution in [0.4, 0.5) is 0 Å². The van der Waals surface area contributed by atoms with Gasteiger partial charge in [-0.1, -0.05) is 66.7 Å². The molecule has 0 spiro atoms. The number of rotatable bonds is 7. The number of amides is 2. The molecule has 0 aliphatic heterocycles. The van der Waals surface area contributed by atoms with Crippen molar-refractivity contribution in [2.45, 2.75) is 12.8 Å². The van der Waals surface area contributed by atoms with E-state index in [1.54, 1.807) is 12.1 Å². The predicted octanol–water partition coefficient (Wildman–Crippen LogP) is 3.10. The molecule has 2 amide bonds. The molecule has 0 fully saturated rings. The molecule has 3 aromatic rings. The molecule has 0 unspecified atom stereocenters. The van der Waals surface area contributed by atoms with Crippen LogP contribution in [0.15, 0.2) is 84.0 Å². The molecule has 0 saturated heterocycles. The van der Waals surface area contributed by atoms with Gasteiger partial charge in [-0.3, -0.25) is 9.59 Å².